The molecule has 0 aliphatic heterocycles. The molecule has 1 amide bonds. The lowest BCUT2D eigenvalue weighted by Crippen LogP contribution is -2.35. The van der Waals surface area contributed by atoms with Crippen LogP contribution in [0.3, 0.4) is 0 Å². The zero-order valence-corrected chi connectivity index (χ0v) is 10.9. The first-order chi connectivity index (χ1) is 9.99. The van der Waals surface area contributed by atoms with E-state index in [9.17, 15) is 20.1 Å². The van der Waals surface area contributed by atoms with Crippen LogP contribution in [0.15, 0.2) is 43.2 Å². The van der Waals surface area contributed by atoms with Gasteiger partial charge in [0.25, 0.3) is 5.91 Å². The maximum Gasteiger partial charge on any atom is 0.269 e. The molecule has 1 aromatic heterocycles. The predicted octanol–water partition coefficient (Wildman–Crippen LogP) is 1.10. The molecule has 0 fully saturated rings. The van der Waals surface area contributed by atoms with Gasteiger partial charge >= 0.3 is 0 Å². The van der Waals surface area contributed by atoms with Gasteiger partial charge in [0, 0.05) is 23.5 Å². The van der Waals surface area contributed by atoms with E-state index < -0.39 is 23.2 Å². The quantitative estimate of drug-likeness (QED) is 0.425. The number of aromatic hydroxyl groups is 3. The molecule has 1 heterocycles. The molecular formula is C14H13N3O4. The molecular weight excluding hydrogens is 274 g/mol. The summed E-state index contributed by atoms with van der Waals surface area (Å²) in [5, 5.41) is 27.9. The second-order valence-corrected chi connectivity index (χ2v) is 4.16. The molecule has 5 N–H and O–H groups in total. The first-order valence-electron chi connectivity index (χ1n) is 5.89. The molecule has 0 radical (unpaired) electrons. The molecule has 2 aromatic rings. The van der Waals surface area contributed by atoms with Crippen LogP contribution in [0, 0.1) is 0 Å². The lowest BCUT2D eigenvalue weighted by atomic mass is 10.2. The van der Waals surface area contributed by atoms with Crippen LogP contribution in [0.5, 0.6) is 17.2 Å². The van der Waals surface area contributed by atoms with Gasteiger partial charge in [-0.3, -0.25) is 20.6 Å². The van der Waals surface area contributed by atoms with Crippen LogP contribution in [0.4, 0.5) is 0 Å². The maximum atomic E-state index is 11.9. The number of hydrogen-bond donors (Lipinski definition) is 5. The van der Waals surface area contributed by atoms with Crippen molar-refractivity contribution in [3.8, 4) is 17.2 Å². The van der Waals surface area contributed by atoms with E-state index in [-0.39, 0.29) is 5.56 Å². The van der Waals surface area contributed by atoms with Crippen molar-refractivity contribution < 1.29 is 20.1 Å². The minimum absolute atomic E-state index is 0.0331. The zero-order valence-electron chi connectivity index (χ0n) is 10.9. The van der Waals surface area contributed by atoms with Crippen molar-refractivity contribution >= 4 is 11.6 Å². The van der Waals surface area contributed by atoms with Crippen LogP contribution in [-0.4, -0.2) is 26.2 Å². The average Bonchev–Trinajstić information content (AvgIpc) is 2.50. The van der Waals surface area contributed by atoms with Crippen molar-refractivity contribution in [2.24, 2.45) is 0 Å². The number of carbonyl (C=O) groups is 1. The topological polar surface area (TPSA) is 115 Å². The Morgan fingerprint density at radius 2 is 1.76 bits per heavy atom. The first kappa shape index (κ1) is 14.2. The summed E-state index contributed by atoms with van der Waals surface area (Å²) in [7, 11) is 0. The number of nitrogens with one attached hydrogen (secondary N) is 2. The lowest BCUT2D eigenvalue weighted by Gasteiger charge is -2.11. The number of rotatable bonds is 4. The summed E-state index contributed by atoms with van der Waals surface area (Å²) in [6, 6.07) is 5.53. The van der Waals surface area contributed by atoms with Crippen LogP contribution in [0.1, 0.15) is 15.9 Å². The van der Waals surface area contributed by atoms with Gasteiger partial charge in [-0.2, -0.15) is 0 Å². The fourth-order valence-corrected chi connectivity index (χ4v) is 1.55. The number of aromatic nitrogens is 1. The largest absolute Gasteiger partial charge is 0.504 e. The third kappa shape index (κ3) is 3.21. The van der Waals surface area contributed by atoms with Crippen molar-refractivity contribution in [3.05, 3.63) is 54.4 Å². The van der Waals surface area contributed by atoms with Crippen molar-refractivity contribution in [2.45, 2.75) is 0 Å². The summed E-state index contributed by atoms with van der Waals surface area (Å²) in [5.74, 6) is -2.48. The highest BCUT2D eigenvalue weighted by Gasteiger charge is 2.13. The number of amides is 1. The Morgan fingerprint density at radius 3 is 2.33 bits per heavy atom. The second-order valence-electron chi connectivity index (χ2n) is 4.16. The van der Waals surface area contributed by atoms with Crippen LogP contribution in [0.2, 0.25) is 0 Å². The minimum Gasteiger partial charge on any atom is -0.504 e. The molecule has 0 bridgehead atoms. The van der Waals surface area contributed by atoms with Gasteiger partial charge in [0.15, 0.2) is 17.2 Å². The fourth-order valence-electron chi connectivity index (χ4n) is 1.55. The summed E-state index contributed by atoms with van der Waals surface area (Å²) in [6.45, 7) is 3.74. The molecule has 0 saturated heterocycles. The van der Waals surface area contributed by atoms with Gasteiger partial charge in [-0.05, 0) is 24.3 Å². The first-order valence-corrected chi connectivity index (χ1v) is 5.89. The highest BCUT2D eigenvalue weighted by molar-refractivity contribution is 5.95. The third-order valence-corrected chi connectivity index (χ3v) is 2.67. The Hall–Kier alpha value is -3.22. The Balaban J connectivity index is 2.04. The van der Waals surface area contributed by atoms with Crippen LogP contribution < -0.4 is 10.9 Å². The Bertz CT molecular complexity index is 663. The second kappa shape index (κ2) is 5.83. The van der Waals surface area contributed by atoms with E-state index in [1.165, 1.54) is 0 Å². The van der Waals surface area contributed by atoms with E-state index in [2.05, 4.69) is 22.4 Å². The molecule has 7 nitrogen and oxygen atoms in total. The molecule has 0 unspecified atom stereocenters. The van der Waals surface area contributed by atoms with Crippen molar-refractivity contribution in [1.29, 1.82) is 0 Å². The Morgan fingerprint density at radius 1 is 1.10 bits per heavy atom. The highest BCUT2D eigenvalue weighted by atomic mass is 16.3. The number of phenolic OH excluding ortho intramolecular Hbond substituents is 3. The number of carbonyl (C=O) groups excluding carboxylic acids is 1. The Kier molecular flexibility index (Phi) is 3.94. The van der Waals surface area contributed by atoms with Gasteiger partial charge in [0.1, 0.15) is 0 Å². The third-order valence-electron chi connectivity index (χ3n) is 2.67. The molecule has 0 aliphatic carbocycles. The molecule has 2 rings (SSSR count). The van der Waals surface area contributed by atoms with Crippen molar-refractivity contribution in [1.82, 2.24) is 15.8 Å². The summed E-state index contributed by atoms with van der Waals surface area (Å²) in [6.07, 6.45) is 3.18. The standard InChI is InChI=1S/C14H13N3O4/c1-8(9-3-2-4-15-7-9)16-17-14(21)10-5-11(18)13(20)12(19)6-10/h2-7,16,18-20H,1H2,(H,17,21). The zero-order chi connectivity index (χ0) is 15.4. The van der Waals surface area contributed by atoms with Crippen LogP contribution >= 0.6 is 0 Å². The molecule has 7 heteroatoms. The lowest BCUT2D eigenvalue weighted by molar-refractivity contribution is 0.0941. The van der Waals surface area contributed by atoms with E-state index in [0.29, 0.717) is 11.3 Å². The fraction of sp³-hybridized carbons (Fsp3) is 0. The SMILES string of the molecule is C=C(NNC(=O)c1cc(O)c(O)c(O)c1)c1cccnc1. The summed E-state index contributed by atoms with van der Waals surface area (Å²) in [5.41, 5.74) is 6.02. The van der Waals surface area contributed by atoms with E-state index in [1.807, 2.05) is 0 Å². The summed E-state index contributed by atoms with van der Waals surface area (Å²) in [4.78, 5) is 15.8. The number of hydrazine groups is 1. The molecule has 0 saturated carbocycles. The number of benzene rings is 1. The van der Waals surface area contributed by atoms with Gasteiger partial charge in [-0.15, -0.1) is 0 Å². The summed E-state index contributed by atoms with van der Waals surface area (Å²) >= 11 is 0. The molecule has 0 spiro atoms. The van der Waals surface area contributed by atoms with Gasteiger partial charge in [0.2, 0.25) is 0 Å². The molecule has 108 valence electrons. The van der Waals surface area contributed by atoms with Crippen molar-refractivity contribution in [2.75, 3.05) is 0 Å². The van der Waals surface area contributed by atoms with Crippen LogP contribution in [0.25, 0.3) is 5.70 Å². The minimum atomic E-state index is -0.681. The van der Waals surface area contributed by atoms with Gasteiger partial charge in [0.05, 0.1) is 5.70 Å². The van der Waals surface area contributed by atoms with E-state index in [4.69, 9.17) is 0 Å². The van der Waals surface area contributed by atoms with Gasteiger partial charge in [-0.1, -0.05) is 6.58 Å². The van der Waals surface area contributed by atoms with Crippen LogP contribution in [-0.2, 0) is 0 Å². The van der Waals surface area contributed by atoms with Gasteiger partial charge in [-0.25, -0.2) is 0 Å². The normalized spacial score (nSPS) is 9.90. The summed E-state index contributed by atoms with van der Waals surface area (Å²) < 4.78 is 0. The maximum absolute atomic E-state index is 11.9. The van der Waals surface area contributed by atoms with Gasteiger partial charge < -0.3 is 15.3 Å². The Labute approximate surface area is 120 Å². The average molecular weight is 287 g/mol. The number of hydrogen-bond acceptors (Lipinski definition) is 6. The smallest absolute Gasteiger partial charge is 0.269 e. The molecule has 1 aromatic carbocycles. The van der Waals surface area contributed by atoms with Crippen molar-refractivity contribution in [3.63, 3.8) is 0 Å². The van der Waals surface area contributed by atoms with E-state index >= 15 is 0 Å². The molecule has 0 aliphatic rings. The molecule has 21 heavy (non-hydrogen) atoms. The predicted molar refractivity (Wildman–Crippen MR) is 75.3 cm³/mol. The number of pyridine rings is 1. The number of phenols is 3. The molecule has 0 atom stereocenters. The number of nitrogens with zero attached hydrogens (tertiary/aromatic N) is 1. The highest BCUT2D eigenvalue weighted by Crippen LogP contribution is 2.35. The van der Waals surface area contributed by atoms with E-state index in [1.54, 1.807) is 24.5 Å². The van der Waals surface area contributed by atoms with E-state index in [0.717, 1.165) is 12.1 Å². The monoisotopic (exact) mass is 287 g/mol.